The third-order valence-corrected chi connectivity index (χ3v) is 4.56. The number of anilines is 1. The van der Waals surface area contributed by atoms with Crippen LogP contribution in [0.15, 0.2) is 18.2 Å². The Morgan fingerprint density at radius 1 is 1.12 bits per heavy atom. The van der Waals surface area contributed by atoms with E-state index in [0.717, 1.165) is 50.2 Å². The average Bonchev–Trinajstić information content (AvgIpc) is 2.57. The number of carbonyl (C=O) groups excluding carboxylic acids is 2. The lowest BCUT2D eigenvalue weighted by atomic mass is 9.97. The van der Waals surface area contributed by atoms with Gasteiger partial charge in [0.1, 0.15) is 0 Å². The molecule has 6 nitrogen and oxygen atoms in total. The van der Waals surface area contributed by atoms with E-state index < -0.39 is 11.8 Å². The monoisotopic (exact) mass is 347 g/mol. The Hall–Kier alpha value is -1.92. The van der Waals surface area contributed by atoms with E-state index in [1.54, 1.807) is 7.11 Å². The summed E-state index contributed by atoms with van der Waals surface area (Å²) in [5, 5.41) is 5.43. The molecule has 1 aliphatic heterocycles. The second-order valence-electron chi connectivity index (χ2n) is 6.82. The van der Waals surface area contributed by atoms with E-state index in [-0.39, 0.29) is 0 Å². The summed E-state index contributed by atoms with van der Waals surface area (Å²) in [5.41, 5.74) is 2.76. The largest absolute Gasteiger partial charge is 0.383 e. The molecule has 0 aliphatic carbocycles. The standard InChI is InChI=1S/C19H29N3O3/c1-14-10-15(2)12-17(11-14)21-19(24)18(23)20-13-16-4-6-22(7-5-16)8-9-25-3/h10-12,16H,4-9,13H2,1-3H3,(H,20,23)(H,21,24). The fourth-order valence-corrected chi connectivity index (χ4v) is 3.19. The number of benzene rings is 1. The van der Waals surface area contributed by atoms with Gasteiger partial charge in [0.15, 0.2) is 0 Å². The highest BCUT2D eigenvalue weighted by Crippen LogP contribution is 2.16. The van der Waals surface area contributed by atoms with Crippen molar-refractivity contribution in [2.24, 2.45) is 5.92 Å². The van der Waals surface area contributed by atoms with Gasteiger partial charge in [-0.3, -0.25) is 9.59 Å². The molecule has 1 saturated heterocycles. The number of nitrogens with zero attached hydrogens (tertiary/aromatic N) is 1. The maximum absolute atomic E-state index is 12.0. The van der Waals surface area contributed by atoms with Gasteiger partial charge in [-0.1, -0.05) is 6.07 Å². The number of hydrogen-bond acceptors (Lipinski definition) is 4. The van der Waals surface area contributed by atoms with E-state index in [9.17, 15) is 9.59 Å². The third kappa shape index (κ3) is 6.48. The number of hydrogen-bond donors (Lipinski definition) is 2. The van der Waals surface area contributed by atoms with Crippen LogP contribution in [-0.2, 0) is 14.3 Å². The lowest BCUT2D eigenvalue weighted by Crippen LogP contribution is -2.42. The number of rotatable bonds is 6. The summed E-state index contributed by atoms with van der Waals surface area (Å²) >= 11 is 0. The van der Waals surface area contributed by atoms with Crippen molar-refractivity contribution in [3.8, 4) is 0 Å². The fourth-order valence-electron chi connectivity index (χ4n) is 3.19. The lowest BCUT2D eigenvalue weighted by molar-refractivity contribution is -0.136. The molecule has 1 aliphatic rings. The molecule has 0 aromatic heterocycles. The van der Waals surface area contributed by atoms with Gasteiger partial charge in [0.25, 0.3) is 0 Å². The van der Waals surface area contributed by atoms with Crippen LogP contribution in [0.1, 0.15) is 24.0 Å². The van der Waals surface area contributed by atoms with E-state index >= 15 is 0 Å². The highest BCUT2D eigenvalue weighted by molar-refractivity contribution is 6.39. The normalized spacial score (nSPS) is 15.8. The van der Waals surface area contributed by atoms with Crippen LogP contribution in [0.2, 0.25) is 0 Å². The number of amides is 2. The molecule has 0 saturated carbocycles. The molecule has 1 heterocycles. The average molecular weight is 347 g/mol. The molecule has 2 rings (SSSR count). The van der Waals surface area contributed by atoms with Crippen molar-refractivity contribution >= 4 is 17.5 Å². The molecule has 0 spiro atoms. The summed E-state index contributed by atoms with van der Waals surface area (Å²) in [4.78, 5) is 26.4. The van der Waals surface area contributed by atoms with E-state index in [4.69, 9.17) is 4.74 Å². The molecule has 0 atom stereocenters. The van der Waals surface area contributed by atoms with Gasteiger partial charge < -0.3 is 20.3 Å². The molecule has 25 heavy (non-hydrogen) atoms. The summed E-state index contributed by atoms with van der Waals surface area (Å²) in [7, 11) is 1.71. The Kier molecular flexibility index (Phi) is 7.40. The van der Waals surface area contributed by atoms with Crippen LogP contribution >= 0.6 is 0 Å². The van der Waals surface area contributed by atoms with E-state index in [0.29, 0.717) is 18.2 Å². The van der Waals surface area contributed by atoms with E-state index in [1.807, 2.05) is 32.0 Å². The molecule has 2 N–H and O–H groups in total. The molecule has 6 heteroatoms. The Morgan fingerprint density at radius 3 is 2.36 bits per heavy atom. The summed E-state index contributed by atoms with van der Waals surface area (Å²) < 4.78 is 5.10. The number of methoxy groups -OCH3 is 1. The molecular weight excluding hydrogens is 318 g/mol. The molecule has 0 radical (unpaired) electrons. The molecule has 2 amide bonds. The van der Waals surface area contributed by atoms with Crippen molar-refractivity contribution in [3.05, 3.63) is 29.3 Å². The number of ether oxygens (including phenoxy) is 1. The second kappa shape index (κ2) is 9.53. The minimum atomic E-state index is -0.609. The van der Waals surface area contributed by atoms with Crippen LogP contribution in [0, 0.1) is 19.8 Å². The summed E-state index contributed by atoms with van der Waals surface area (Å²) in [6.45, 7) is 8.20. The predicted octanol–water partition coefficient (Wildman–Crippen LogP) is 1.72. The first-order valence-electron chi connectivity index (χ1n) is 8.86. The van der Waals surface area contributed by atoms with Crippen LogP contribution in [0.4, 0.5) is 5.69 Å². The molecule has 0 unspecified atom stereocenters. The maximum Gasteiger partial charge on any atom is 0.313 e. The summed E-state index contributed by atoms with van der Waals surface area (Å²) in [6.07, 6.45) is 2.06. The first-order chi connectivity index (χ1) is 12.0. The minimum absolute atomic E-state index is 0.428. The van der Waals surface area contributed by atoms with Gasteiger partial charge in [-0.05, 0) is 69.0 Å². The number of aryl methyl sites for hydroxylation is 2. The zero-order valence-electron chi connectivity index (χ0n) is 15.4. The number of nitrogens with one attached hydrogen (secondary N) is 2. The van der Waals surface area contributed by atoms with Crippen LogP contribution < -0.4 is 10.6 Å². The predicted molar refractivity (Wildman–Crippen MR) is 98.6 cm³/mol. The second-order valence-corrected chi connectivity index (χ2v) is 6.82. The van der Waals surface area contributed by atoms with Crippen molar-refractivity contribution in [1.29, 1.82) is 0 Å². The molecule has 138 valence electrons. The van der Waals surface area contributed by atoms with Gasteiger partial charge in [0.2, 0.25) is 0 Å². The van der Waals surface area contributed by atoms with Crippen molar-refractivity contribution in [1.82, 2.24) is 10.2 Å². The van der Waals surface area contributed by atoms with Gasteiger partial charge in [-0.2, -0.15) is 0 Å². The first kappa shape index (κ1) is 19.4. The lowest BCUT2D eigenvalue weighted by Gasteiger charge is -2.31. The first-order valence-corrected chi connectivity index (χ1v) is 8.86. The molecule has 0 bridgehead atoms. The zero-order valence-corrected chi connectivity index (χ0v) is 15.4. The number of piperidine rings is 1. The van der Waals surface area contributed by atoms with Gasteiger partial charge >= 0.3 is 11.8 Å². The van der Waals surface area contributed by atoms with Crippen molar-refractivity contribution in [2.45, 2.75) is 26.7 Å². The van der Waals surface area contributed by atoms with Gasteiger partial charge in [-0.15, -0.1) is 0 Å². The smallest absolute Gasteiger partial charge is 0.313 e. The van der Waals surface area contributed by atoms with E-state index in [1.165, 1.54) is 0 Å². The van der Waals surface area contributed by atoms with Crippen LogP contribution in [0.3, 0.4) is 0 Å². The van der Waals surface area contributed by atoms with Gasteiger partial charge in [-0.25, -0.2) is 0 Å². The van der Waals surface area contributed by atoms with Crippen molar-refractivity contribution < 1.29 is 14.3 Å². The number of likely N-dealkylation sites (tertiary alicyclic amines) is 1. The number of carbonyl (C=O) groups is 2. The summed E-state index contributed by atoms with van der Waals surface area (Å²) in [6, 6.07) is 5.73. The molecule has 1 aromatic carbocycles. The SMILES string of the molecule is COCCN1CCC(CNC(=O)C(=O)Nc2cc(C)cc(C)c2)CC1. The quantitative estimate of drug-likeness (QED) is 0.769. The zero-order chi connectivity index (χ0) is 18.2. The molecular formula is C19H29N3O3. The highest BCUT2D eigenvalue weighted by atomic mass is 16.5. The third-order valence-electron chi connectivity index (χ3n) is 4.56. The Bertz CT molecular complexity index is 575. The van der Waals surface area contributed by atoms with Gasteiger partial charge in [0, 0.05) is 25.9 Å². The Labute approximate surface area is 149 Å². The molecule has 1 aromatic rings. The van der Waals surface area contributed by atoms with Gasteiger partial charge in [0.05, 0.1) is 6.61 Å². The van der Waals surface area contributed by atoms with Crippen LogP contribution in [0.5, 0.6) is 0 Å². The topological polar surface area (TPSA) is 70.7 Å². The Balaban J connectivity index is 1.72. The fraction of sp³-hybridized carbons (Fsp3) is 0.579. The van der Waals surface area contributed by atoms with Crippen LogP contribution in [-0.4, -0.2) is 56.6 Å². The van der Waals surface area contributed by atoms with Crippen LogP contribution in [0.25, 0.3) is 0 Å². The minimum Gasteiger partial charge on any atom is -0.383 e. The highest BCUT2D eigenvalue weighted by Gasteiger charge is 2.21. The van der Waals surface area contributed by atoms with Crippen molar-refractivity contribution in [2.75, 3.05) is 45.2 Å². The van der Waals surface area contributed by atoms with E-state index in [2.05, 4.69) is 15.5 Å². The summed E-state index contributed by atoms with van der Waals surface area (Å²) in [5.74, 6) is -0.750. The molecule has 1 fully saturated rings. The van der Waals surface area contributed by atoms with Crippen molar-refractivity contribution in [3.63, 3.8) is 0 Å². The maximum atomic E-state index is 12.0. The Morgan fingerprint density at radius 2 is 1.76 bits per heavy atom.